The van der Waals surface area contributed by atoms with Crippen molar-refractivity contribution < 1.29 is 23.9 Å². The van der Waals surface area contributed by atoms with Crippen LogP contribution in [0.15, 0.2) is 42.5 Å². The van der Waals surface area contributed by atoms with Crippen molar-refractivity contribution >= 4 is 34.8 Å². The zero-order valence-corrected chi connectivity index (χ0v) is 18.0. The highest BCUT2D eigenvalue weighted by molar-refractivity contribution is 6.08. The molecule has 2 aliphatic heterocycles. The van der Waals surface area contributed by atoms with Crippen LogP contribution in [0, 0.1) is 6.92 Å². The lowest BCUT2D eigenvalue weighted by Crippen LogP contribution is -2.27. The van der Waals surface area contributed by atoms with Gasteiger partial charge in [-0.1, -0.05) is 6.07 Å². The predicted molar refractivity (Wildman–Crippen MR) is 121 cm³/mol. The maximum atomic E-state index is 12.8. The van der Waals surface area contributed by atoms with Crippen LogP contribution in [0.1, 0.15) is 41.6 Å². The Bertz CT molecular complexity index is 993. The van der Waals surface area contributed by atoms with Gasteiger partial charge in [0.25, 0.3) is 17.7 Å². The van der Waals surface area contributed by atoms with Crippen LogP contribution in [0.4, 0.5) is 17.1 Å². The van der Waals surface area contributed by atoms with E-state index in [-0.39, 0.29) is 17.7 Å². The van der Waals surface area contributed by atoms with Crippen molar-refractivity contribution in [3.8, 4) is 0 Å². The summed E-state index contributed by atoms with van der Waals surface area (Å²) >= 11 is 0. The maximum absolute atomic E-state index is 12.8. The third-order valence-corrected chi connectivity index (χ3v) is 5.54. The van der Waals surface area contributed by atoms with E-state index in [1.165, 1.54) is 0 Å². The van der Waals surface area contributed by atoms with Crippen LogP contribution in [-0.2, 0) is 19.1 Å². The number of amides is 3. The molecule has 3 N–H and O–H groups in total. The summed E-state index contributed by atoms with van der Waals surface area (Å²) in [5.41, 5.74) is 3.01. The van der Waals surface area contributed by atoms with E-state index in [0.717, 1.165) is 18.4 Å². The zero-order chi connectivity index (χ0) is 22.5. The molecule has 3 amide bonds. The molecule has 2 aromatic rings. The molecule has 2 aromatic carbocycles. The minimum absolute atomic E-state index is 0.175. The fraction of sp³-hybridized carbons (Fsp3) is 0.375. The smallest absolute Gasteiger partial charge is 0.255 e. The van der Waals surface area contributed by atoms with E-state index in [1.54, 1.807) is 30.3 Å². The Kier molecular flexibility index (Phi) is 6.82. The minimum atomic E-state index is -0.462. The molecule has 0 saturated carbocycles. The summed E-state index contributed by atoms with van der Waals surface area (Å²) < 4.78 is 10.8. The van der Waals surface area contributed by atoms with Crippen molar-refractivity contribution in [3.63, 3.8) is 0 Å². The number of benzene rings is 2. The van der Waals surface area contributed by atoms with Crippen LogP contribution < -0.4 is 16.0 Å². The second kappa shape index (κ2) is 9.93. The van der Waals surface area contributed by atoms with Crippen molar-refractivity contribution in [1.29, 1.82) is 0 Å². The summed E-state index contributed by atoms with van der Waals surface area (Å²) in [6.45, 7) is 3.10. The van der Waals surface area contributed by atoms with E-state index in [1.807, 2.05) is 19.1 Å². The van der Waals surface area contributed by atoms with E-state index >= 15 is 0 Å². The molecule has 2 atom stereocenters. The summed E-state index contributed by atoms with van der Waals surface area (Å²) in [6.07, 6.45) is 2.27. The highest BCUT2D eigenvalue weighted by Gasteiger charge is 2.25. The molecule has 32 heavy (non-hydrogen) atoms. The second-order valence-electron chi connectivity index (χ2n) is 8.06. The van der Waals surface area contributed by atoms with Gasteiger partial charge in [0, 0.05) is 24.5 Å². The summed E-state index contributed by atoms with van der Waals surface area (Å²) in [7, 11) is 0. The Morgan fingerprint density at radius 3 is 2.00 bits per heavy atom. The summed E-state index contributed by atoms with van der Waals surface area (Å²) in [5.74, 6) is -0.709. The molecule has 0 aromatic heterocycles. The quantitative estimate of drug-likeness (QED) is 0.642. The normalized spacial score (nSPS) is 20.0. The van der Waals surface area contributed by atoms with Crippen LogP contribution in [0.3, 0.4) is 0 Å². The second-order valence-corrected chi connectivity index (χ2v) is 8.06. The fourth-order valence-electron chi connectivity index (χ4n) is 3.77. The summed E-state index contributed by atoms with van der Waals surface area (Å²) in [6, 6.07) is 12.1. The number of hydrogen-bond acceptors (Lipinski definition) is 5. The summed E-state index contributed by atoms with van der Waals surface area (Å²) in [4.78, 5) is 37.4. The number of carbonyl (C=O) groups is 3. The number of rotatable bonds is 6. The molecule has 4 rings (SSSR count). The first-order valence-electron chi connectivity index (χ1n) is 10.9. The minimum Gasteiger partial charge on any atom is -0.368 e. The number of carbonyl (C=O) groups excluding carboxylic acids is 3. The molecule has 2 saturated heterocycles. The predicted octanol–water partition coefficient (Wildman–Crippen LogP) is 3.48. The maximum Gasteiger partial charge on any atom is 0.255 e. The highest BCUT2D eigenvalue weighted by Crippen LogP contribution is 2.25. The third kappa shape index (κ3) is 5.33. The average molecular weight is 437 g/mol. The van der Waals surface area contributed by atoms with E-state index in [2.05, 4.69) is 16.0 Å². The molecule has 0 radical (unpaired) electrons. The number of nitrogens with one attached hydrogen (secondary N) is 3. The van der Waals surface area contributed by atoms with E-state index in [4.69, 9.17) is 9.47 Å². The molecule has 2 aliphatic rings. The lowest BCUT2D eigenvalue weighted by molar-refractivity contribution is -0.125. The molecule has 2 heterocycles. The van der Waals surface area contributed by atoms with E-state index in [0.29, 0.717) is 48.7 Å². The first-order chi connectivity index (χ1) is 15.5. The van der Waals surface area contributed by atoms with Crippen molar-refractivity contribution in [2.24, 2.45) is 0 Å². The monoisotopic (exact) mass is 437 g/mol. The van der Waals surface area contributed by atoms with Gasteiger partial charge in [-0.15, -0.1) is 0 Å². The lowest BCUT2D eigenvalue weighted by atomic mass is 10.1. The fourth-order valence-corrected chi connectivity index (χ4v) is 3.77. The van der Waals surface area contributed by atoms with Gasteiger partial charge < -0.3 is 25.4 Å². The van der Waals surface area contributed by atoms with Crippen LogP contribution in [-0.4, -0.2) is 43.1 Å². The number of anilines is 3. The molecule has 0 aliphatic carbocycles. The average Bonchev–Trinajstić information content (AvgIpc) is 3.50. The zero-order valence-electron chi connectivity index (χ0n) is 18.0. The molecule has 168 valence electrons. The number of hydrogen-bond donors (Lipinski definition) is 3. The van der Waals surface area contributed by atoms with Crippen LogP contribution in [0.25, 0.3) is 0 Å². The van der Waals surface area contributed by atoms with Crippen LogP contribution in [0.5, 0.6) is 0 Å². The van der Waals surface area contributed by atoms with Gasteiger partial charge in [-0.3, -0.25) is 14.4 Å². The van der Waals surface area contributed by atoms with Gasteiger partial charge in [0.1, 0.15) is 12.2 Å². The summed E-state index contributed by atoms with van der Waals surface area (Å²) in [5, 5.41) is 8.53. The molecule has 2 fully saturated rings. The van der Waals surface area contributed by atoms with Gasteiger partial charge in [-0.25, -0.2) is 0 Å². The van der Waals surface area contributed by atoms with Crippen LogP contribution >= 0.6 is 0 Å². The molecule has 8 heteroatoms. The molecule has 8 nitrogen and oxygen atoms in total. The van der Waals surface area contributed by atoms with Crippen molar-refractivity contribution in [2.75, 3.05) is 29.2 Å². The topological polar surface area (TPSA) is 106 Å². The van der Waals surface area contributed by atoms with Gasteiger partial charge in [0.2, 0.25) is 0 Å². The van der Waals surface area contributed by atoms with Crippen molar-refractivity contribution in [3.05, 3.63) is 53.6 Å². The molecular formula is C24H27N3O5. The Morgan fingerprint density at radius 1 is 0.781 bits per heavy atom. The number of aryl methyl sites for hydroxylation is 1. The van der Waals surface area contributed by atoms with Crippen LogP contribution in [0.2, 0.25) is 0 Å². The van der Waals surface area contributed by atoms with Gasteiger partial charge in [-0.05, 0) is 74.6 Å². The molecular weight excluding hydrogens is 410 g/mol. The first kappa shape index (κ1) is 22.0. The van der Waals surface area contributed by atoms with E-state index in [9.17, 15) is 14.4 Å². The van der Waals surface area contributed by atoms with E-state index < -0.39 is 12.2 Å². The van der Waals surface area contributed by atoms with Crippen molar-refractivity contribution in [1.82, 2.24) is 0 Å². The lowest BCUT2D eigenvalue weighted by Gasteiger charge is -2.16. The molecule has 0 unspecified atom stereocenters. The standard InChI is InChI=1S/C24H27N3O5/c1-15-6-11-18(19(14-15)27-24(30)21-5-3-13-32-21)26-22(28)16-7-9-17(10-8-16)25-23(29)20-4-2-12-31-20/h6-11,14,20-21H,2-5,12-13H2,1H3,(H,25,29)(H,26,28)(H,27,30)/t20-,21+/m1/s1. The number of ether oxygens (including phenoxy) is 2. The SMILES string of the molecule is Cc1ccc(NC(=O)c2ccc(NC(=O)[C@H]3CCCO3)cc2)c(NC(=O)[C@@H]2CCCO2)c1. The molecule has 0 bridgehead atoms. The third-order valence-electron chi connectivity index (χ3n) is 5.54. The van der Waals surface area contributed by atoms with Gasteiger partial charge in [0.15, 0.2) is 0 Å². The van der Waals surface area contributed by atoms with Gasteiger partial charge >= 0.3 is 0 Å². The Balaban J connectivity index is 1.40. The highest BCUT2D eigenvalue weighted by atomic mass is 16.5. The Labute approximate surface area is 186 Å². The van der Waals surface area contributed by atoms with Gasteiger partial charge in [-0.2, -0.15) is 0 Å². The first-order valence-corrected chi connectivity index (χ1v) is 10.9. The largest absolute Gasteiger partial charge is 0.368 e. The van der Waals surface area contributed by atoms with Gasteiger partial charge in [0.05, 0.1) is 11.4 Å². The Hall–Kier alpha value is -3.23. The Morgan fingerprint density at radius 2 is 1.41 bits per heavy atom. The molecule has 0 spiro atoms. The van der Waals surface area contributed by atoms with Crippen molar-refractivity contribution in [2.45, 2.75) is 44.8 Å².